The number of benzene rings is 1. The van der Waals surface area contributed by atoms with Crippen LogP contribution in [0.3, 0.4) is 0 Å². The van der Waals surface area contributed by atoms with E-state index in [4.69, 9.17) is 4.74 Å². The highest BCUT2D eigenvalue weighted by molar-refractivity contribution is 5.46. The Kier molecular flexibility index (Phi) is 3.87. The molecule has 0 saturated carbocycles. The van der Waals surface area contributed by atoms with E-state index in [2.05, 4.69) is 41.4 Å². The van der Waals surface area contributed by atoms with Crippen molar-refractivity contribution in [1.82, 2.24) is 15.4 Å². The van der Waals surface area contributed by atoms with Crippen LogP contribution < -0.4 is 15.3 Å². The molecular formula is C17H20N4O. The third-order valence-electron chi connectivity index (χ3n) is 3.76. The summed E-state index contributed by atoms with van der Waals surface area (Å²) in [5.41, 5.74) is 6.49. The Labute approximate surface area is 130 Å². The number of pyridine rings is 1. The van der Waals surface area contributed by atoms with E-state index in [-0.39, 0.29) is 6.04 Å². The number of allylic oxidation sites excluding steroid dienone is 1. The molecule has 1 aromatic heterocycles. The first kappa shape index (κ1) is 14.3. The van der Waals surface area contributed by atoms with Crippen LogP contribution in [0, 0.1) is 0 Å². The van der Waals surface area contributed by atoms with Gasteiger partial charge in [0, 0.05) is 6.20 Å². The van der Waals surface area contributed by atoms with Gasteiger partial charge in [0.1, 0.15) is 5.75 Å². The van der Waals surface area contributed by atoms with Crippen molar-refractivity contribution in [1.29, 1.82) is 0 Å². The molecule has 1 N–H and O–H groups in total. The highest BCUT2D eigenvalue weighted by Crippen LogP contribution is 2.30. The summed E-state index contributed by atoms with van der Waals surface area (Å²) in [7, 11) is 1.65. The Morgan fingerprint density at radius 1 is 1.14 bits per heavy atom. The van der Waals surface area contributed by atoms with Crippen LogP contribution in [-0.2, 0) is 0 Å². The molecule has 0 aliphatic carbocycles. The van der Waals surface area contributed by atoms with Crippen LogP contribution in [0.2, 0.25) is 0 Å². The molecule has 114 valence electrons. The minimum atomic E-state index is 0.0948. The fourth-order valence-electron chi connectivity index (χ4n) is 2.57. The minimum Gasteiger partial charge on any atom is -0.495 e. The molecule has 0 spiro atoms. The number of hydrazine groups is 2. The van der Waals surface area contributed by atoms with Crippen LogP contribution in [0.1, 0.15) is 25.6 Å². The maximum absolute atomic E-state index is 5.18. The first-order chi connectivity index (χ1) is 10.7. The van der Waals surface area contributed by atoms with Crippen molar-refractivity contribution in [3.8, 4) is 5.75 Å². The monoisotopic (exact) mass is 296 g/mol. The van der Waals surface area contributed by atoms with E-state index in [0.717, 1.165) is 22.8 Å². The summed E-state index contributed by atoms with van der Waals surface area (Å²) in [6.45, 7) is 4.21. The topological polar surface area (TPSA) is 40.6 Å². The zero-order chi connectivity index (χ0) is 15.5. The second-order valence-electron chi connectivity index (χ2n) is 5.21. The first-order valence-electron chi connectivity index (χ1n) is 7.28. The van der Waals surface area contributed by atoms with Crippen molar-refractivity contribution in [2.24, 2.45) is 0 Å². The largest absolute Gasteiger partial charge is 0.495 e. The SMILES string of the molecule is COc1ccc([C@@H](C)N2C(C)=CNN2c2ccccc2)nc1. The number of methoxy groups -OCH3 is 1. The van der Waals surface area contributed by atoms with E-state index in [0.29, 0.717) is 0 Å². The van der Waals surface area contributed by atoms with Gasteiger partial charge in [-0.2, -0.15) is 5.12 Å². The number of nitrogens with zero attached hydrogens (tertiary/aromatic N) is 3. The summed E-state index contributed by atoms with van der Waals surface area (Å²) in [6, 6.07) is 14.2. The van der Waals surface area contributed by atoms with Gasteiger partial charge in [-0.3, -0.25) is 15.4 Å². The van der Waals surface area contributed by atoms with E-state index in [1.807, 2.05) is 41.6 Å². The van der Waals surface area contributed by atoms with Crippen molar-refractivity contribution in [3.05, 3.63) is 66.3 Å². The molecule has 1 aromatic carbocycles. The summed E-state index contributed by atoms with van der Waals surface area (Å²) in [6.07, 6.45) is 3.74. The number of rotatable bonds is 4. The average molecular weight is 296 g/mol. The molecule has 1 atom stereocenters. The minimum absolute atomic E-state index is 0.0948. The summed E-state index contributed by atoms with van der Waals surface area (Å²) >= 11 is 0. The van der Waals surface area contributed by atoms with Crippen molar-refractivity contribution >= 4 is 5.69 Å². The van der Waals surface area contributed by atoms with Crippen molar-refractivity contribution < 1.29 is 4.74 Å². The standard InChI is InChI=1S/C17H20N4O/c1-13-11-19-21(15-7-5-4-6-8-15)20(13)14(2)17-10-9-16(22-3)12-18-17/h4-12,14,19H,1-3H3/t14-/m1/s1. The second kappa shape index (κ2) is 5.97. The maximum Gasteiger partial charge on any atom is 0.137 e. The molecule has 22 heavy (non-hydrogen) atoms. The summed E-state index contributed by atoms with van der Waals surface area (Å²) in [4.78, 5) is 4.51. The molecule has 1 aliphatic rings. The molecule has 0 bridgehead atoms. The number of ether oxygens (including phenoxy) is 1. The predicted molar refractivity (Wildman–Crippen MR) is 86.9 cm³/mol. The Hall–Kier alpha value is -2.69. The van der Waals surface area contributed by atoms with Crippen LogP contribution in [0.15, 0.2) is 60.6 Å². The van der Waals surface area contributed by atoms with Gasteiger partial charge in [0.25, 0.3) is 0 Å². The fourth-order valence-corrected chi connectivity index (χ4v) is 2.57. The molecule has 1 aliphatic heterocycles. The van der Waals surface area contributed by atoms with Gasteiger partial charge in [0.15, 0.2) is 0 Å². The van der Waals surface area contributed by atoms with Gasteiger partial charge in [-0.05, 0) is 38.1 Å². The van der Waals surface area contributed by atoms with E-state index in [1.54, 1.807) is 13.3 Å². The number of hydrogen-bond donors (Lipinski definition) is 1. The van der Waals surface area contributed by atoms with Gasteiger partial charge in [0.05, 0.1) is 36.4 Å². The third-order valence-corrected chi connectivity index (χ3v) is 3.76. The number of hydrogen-bond acceptors (Lipinski definition) is 5. The fraction of sp³-hybridized carbons (Fsp3) is 0.235. The van der Waals surface area contributed by atoms with Crippen LogP contribution in [0.5, 0.6) is 5.75 Å². The van der Waals surface area contributed by atoms with Gasteiger partial charge in [0.2, 0.25) is 0 Å². The van der Waals surface area contributed by atoms with Crippen LogP contribution >= 0.6 is 0 Å². The molecule has 0 saturated heterocycles. The van der Waals surface area contributed by atoms with Gasteiger partial charge < -0.3 is 4.74 Å². The highest BCUT2D eigenvalue weighted by Gasteiger charge is 2.28. The van der Waals surface area contributed by atoms with E-state index < -0.39 is 0 Å². The van der Waals surface area contributed by atoms with Crippen molar-refractivity contribution in [2.45, 2.75) is 19.9 Å². The number of anilines is 1. The molecule has 2 heterocycles. The lowest BCUT2D eigenvalue weighted by Gasteiger charge is -2.36. The van der Waals surface area contributed by atoms with Gasteiger partial charge in [-0.1, -0.05) is 18.2 Å². The highest BCUT2D eigenvalue weighted by atomic mass is 16.5. The first-order valence-corrected chi connectivity index (χ1v) is 7.28. The maximum atomic E-state index is 5.18. The lowest BCUT2D eigenvalue weighted by molar-refractivity contribution is 0.251. The normalized spacial score (nSPS) is 15.3. The molecule has 2 aromatic rings. The molecule has 0 fully saturated rings. The predicted octanol–water partition coefficient (Wildman–Crippen LogP) is 3.25. The second-order valence-corrected chi connectivity index (χ2v) is 5.21. The molecular weight excluding hydrogens is 276 g/mol. The molecule has 3 rings (SSSR count). The summed E-state index contributed by atoms with van der Waals surface area (Å²) < 4.78 is 5.18. The zero-order valence-corrected chi connectivity index (χ0v) is 13.0. The van der Waals surface area contributed by atoms with Crippen LogP contribution in [0.4, 0.5) is 5.69 Å². The van der Waals surface area contributed by atoms with Gasteiger partial charge in [-0.15, -0.1) is 0 Å². The number of nitrogens with one attached hydrogen (secondary N) is 1. The van der Waals surface area contributed by atoms with E-state index >= 15 is 0 Å². The Bertz CT molecular complexity index is 654. The van der Waals surface area contributed by atoms with E-state index in [9.17, 15) is 0 Å². The average Bonchev–Trinajstić information content (AvgIpc) is 2.96. The lowest BCUT2D eigenvalue weighted by atomic mass is 10.2. The van der Waals surface area contributed by atoms with Crippen molar-refractivity contribution in [3.63, 3.8) is 0 Å². The van der Waals surface area contributed by atoms with Gasteiger partial charge >= 0.3 is 0 Å². The Morgan fingerprint density at radius 3 is 2.55 bits per heavy atom. The van der Waals surface area contributed by atoms with Gasteiger partial charge in [-0.25, -0.2) is 0 Å². The van der Waals surface area contributed by atoms with Crippen LogP contribution in [0.25, 0.3) is 0 Å². The molecule has 0 amide bonds. The number of para-hydroxylation sites is 1. The molecule has 0 unspecified atom stereocenters. The molecule has 5 nitrogen and oxygen atoms in total. The van der Waals surface area contributed by atoms with Crippen LogP contribution in [-0.4, -0.2) is 17.1 Å². The van der Waals surface area contributed by atoms with Crippen molar-refractivity contribution in [2.75, 3.05) is 12.2 Å². The third kappa shape index (κ3) is 2.57. The smallest absolute Gasteiger partial charge is 0.137 e. The summed E-state index contributed by atoms with van der Waals surface area (Å²) in [5, 5.41) is 4.22. The Morgan fingerprint density at radius 2 is 1.91 bits per heavy atom. The number of aromatic nitrogens is 1. The molecule has 0 radical (unpaired) electrons. The Balaban J connectivity index is 1.87. The quantitative estimate of drug-likeness (QED) is 0.938. The summed E-state index contributed by atoms with van der Waals surface area (Å²) in [5.74, 6) is 0.766. The van der Waals surface area contributed by atoms with E-state index in [1.165, 1.54) is 0 Å². The zero-order valence-electron chi connectivity index (χ0n) is 13.0. The lowest BCUT2D eigenvalue weighted by Crippen LogP contribution is -2.44. The molecule has 5 heteroatoms.